The van der Waals surface area contributed by atoms with Gasteiger partial charge in [0, 0.05) is 42.8 Å². The number of hydrogen-bond acceptors (Lipinski definition) is 7. The number of amides is 1. The minimum atomic E-state index is -0.561. The summed E-state index contributed by atoms with van der Waals surface area (Å²) in [6.07, 6.45) is 3.28. The summed E-state index contributed by atoms with van der Waals surface area (Å²) in [5, 5.41) is 16.2. The Balaban J connectivity index is 1.10. The van der Waals surface area contributed by atoms with Crippen LogP contribution in [0.4, 0.5) is 4.39 Å². The minimum Gasteiger partial charge on any atom is -0.484 e. The third-order valence-corrected chi connectivity index (χ3v) is 7.25. The van der Waals surface area contributed by atoms with E-state index in [0.29, 0.717) is 23.9 Å². The van der Waals surface area contributed by atoms with Crippen LogP contribution in [0.15, 0.2) is 18.2 Å². The molecule has 3 saturated carbocycles. The maximum absolute atomic E-state index is 13.5. The molecular weight excluding hydrogens is 411 g/mol. The highest BCUT2D eigenvalue weighted by molar-refractivity contribution is 6.30. The van der Waals surface area contributed by atoms with Gasteiger partial charge in [0.25, 0.3) is 5.91 Å². The Kier molecular flexibility index (Phi) is 4.96. The van der Waals surface area contributed by atoms with Gasteiger partial charge in [-0.1, -0.05) is 11.6 Å². The number of nitrogens with zero attached hydrogens (tertiary/aromatic N) is 1. The molecule has 1 amide bonds. The van der Waals surface area contributed by atoms with Crippen LogP contribution in [0.5, 0.6) is 5.75 Å². The van der Waals surface area contributed by atoms with Crippen LogP contribution >= 0.6 is 11.6 Å². The second-order valence-electron chi connectivity index (χ2n) is 9.26. The van der Waals surface area contributed by atoms with Crippen molar-refractivity contribution in [2.75, 3.05) is 20.3 Å². The Morgan fingerprint density at radius 2 is 2.10 bits per heavy atom. The summed E-state index contributed by atoms with van der Waals surface area (Å²) < 4.78 is 18.9. The average Bonchev–Trinajstić information content (AvgIpc) is 2.95. The monoisotopic (exact) mass is 438 g/mol. The Bertz CT molecular complexity index is 837. The normalized spacial score (nSPS) is 39.6. The number of benzene rings is 1. The molecule has 6 rings (SSSR count). The van der Waals surface area contributed by atoms with Crippen molar-refractivity contribution in [3.63, 3.8) is 0 Å². The van der Waals surface area contributed by atoms with Crippen LogP contribution < -0.4 is 31.4 Å². The first-order valence-corrected chi connectivity index (χ1v) is 10.8. The molecule has 0 spiro atoms. The number of nitrogens with one attached hydrogen (secondary N) is 5. The lowest BCUT2D eigenvalue weighted by Crippen LogP contribution is -2.86. The SMILES string of the molecule is CC1NN(C)C2NCNC(NC34CC(NC(=O)COc5ccc(Cl)c(F)c5)(C3)C4)C12. The molecule has 164 valence electrons. The number of rotatable bonds is 6. The number of carbonyl (C=O) groups excluding carboxylic acids is 1. The van der Waals surface area contributed by atoms with E-state index < -0.39 is 5.82 Å². The summed E-state index contributed by atoms with van der Waals surface area (Å²) in [5.41, 5.74) is 3.43. The first kappa shape index (κ1) is 20.4. The van der Waals surface area contributed by atoms with Gasteiger partial charge in [0.15, 0.2) is 6.61 Å². The van der Waals surface area contributed by atoms with Crippen molar-refractivity contribution >= 4 is 17.5 Å². The van der Waals surface area contributed by atoms with Crippen LogP contribution in [0.25, 0.3) is 0 Å². The zero-order valence-corrected chi connectivity index (χ0v) is 17.9. The molecule has 10 heteroatoms. The molecule has 5 fully saturated rings. The predicted molar refractivity (Wildman–Crippen MR) is 110 cm³/mol. The van der Waals surface area contributed by atoms with E-state index in [9.17, 15) is 9.18 Å². The molecule has 1 aromatic rings. The largest absolute Gasteiger partial charge is 0.484 e. The van der Waals surface area contributed by atoms with Crippen LogP contribution in [-0.2, 0) is 4.79 Å². The summed E-state index contributed by atoms with van der Waals surface area (Å²) in [6.45, 7) is 2.83. The average molecular weight is 439 g/mol. The van der Waals surface area contributed by atoms with Crippen LogP contribution in [0.2, 0.25) is 5.02 Å². The number of hydrogen-bond donors (Lipinski definition) is 5. The molecule has 1 aromatic carbocycles. The highest BCUT2D eigenvalue weighted by Gasteiger charge is 2.69. The molecule has 0 aromatic heterocycles. The predicted octanol–water partition coefficient (Wildman–Crippen LogP) is 0.496. The Morgan fingerprint density at radius 3 is 2.83 bits per heavy atom. The molecule has 2 saturated heterocycles. The van der Waals surface area contributed by atoms with Gasteiger partial charge in [-0.3, -0.25) is 26.2 Å². The van der Waals surface area contributed by atoms with Gasteiger partial charge in [0.1, 0.15) is 11.6 Å². The van der Waals surface area contributed by atoms with Crippen molar-refractivity contribution in [3.05, 3.63) is 29.0 Å². The van der Waals surface area contributed by atoms with Crippen molar-refractivity contribution in [3.8, 4) is 5.75 Å². The minimum absolute atomic E-state index is 0.0300. The molecule has 4 atom stereocenters. The van der Waals surface area contributed by atoms with Crippen LogP contribution in [0, 0.1) is 11.7 Å². The topological polar surface area (TPSA) is 89.7 Å². The van der Waals surface area contributed by atoms with E-state index in [-0.39, 0.29) is 34.8 Å². The fourth-order valence-electron chi connectivity index (χ4n) is 5.77. The van der Waals surface area contributed by atoms with E-state index in [4.69, 9.17) is 16.3 Å². The van der Waals surface area contributed by atoms with Gasteiger partial charge in [-0.15, -0.1) is 0 Å². The quantitative estimate of drug-likeness (QED) is 0.442. The van der Waals surface area contributed by atoms with E-state index >= 15 is 0 Å². The fourth-order valence-corrected chi connectivity index (χ4v) is 5.89. The Morgan fingerprint density at radius 1 is 1.33 bits per heavy atom. The standard InChI is InChI=1S/C20H28ClFN6O2/c1-11-16-17(23-10-24-18(16)28(2)27-11)26-20-7-19(8-20,9-20)25-15(29)6-30-12-3-4-13(21)14(22)5-12/h3-5,11,16-18,23-24,26-27H,6-10H2,1-2H3,(H,25,29). The highest BCUT2D eigenvalue weighted by atomic mass is 35.5. The zero-order chi connectivity index (χ0) is 21.1. The molecule has 0 radical (unpaired) electrons. The number of ether oxygens (including phenoxy) is 1. The highest BCUT2D eigenvalue weighted by Crippen LogP contribution is 2.60. The maximum atomic E-state index is 13.5. The van der Waals surface area contributed by atoms with Gasteiger partial charge in [-0.2, -0.15) is 0 Å². The number of hydrazine groups is 1. The number of fused-ring (bicyclic) bond motifs is 1. The second kappa shape index (κ2) is 7.29. The third-order valence-electron chi connectivity index (χ3n) is 6.94. The fraction of sp³-hybridized carbons (Fsp3) is 0.650. The van der Waals surface area contributed by atoms with E-state index in [2.05, 4.69) is 45.7 Å². The molecular formula is C20H28ClFN6O2. The van der Waals surface area contributed by atoms with Gasteiger partial charge >= 0.3 is 0 Å². The van der Waals surface area contributed by atoms with Crippen LogP contribution in [0.1, 0.15) is 26.2 Å². The molecule has 4 unspecified atom stereocenters. The first-order chi connectivity index (χ1) is 14.3. The van der Waals surface area contributed by atoms with Crippen molar-refractivity contribution in [2.45, 2.75) is 55.6 Å². The Labute approximate surface area is 180 Å². The summed E-state index contributed by atoms with van der Waals surface area (Å²) in [6, 6.07) is 4.52. The van der Waals surface area contributed by atoms with E-state index in [0.717, 1.165) is 25.9 Å². The van der Waals surface area contributed by atoms with Gasteiger partial charge in [0.05, 0.1) is 17.4 Å². The third kappa shape index (κ3) is 3.47. The van der Waals surface area contributed by atoms with Crippen molar-refractivity contribution in [1.29, 1.82) is 0 Å². The summed E-state index contributed by atoms with van der Waals surface area (Å²) in [4.78, 5) is 12.3. The molecule has 5 N–H and O–H groups in total. The second-order valence-corrected chi connectivity index (χ2v) is 9.67. The lowest BCUT2D eigenvalue weighted by Gasteiger charge is -2.71. The smallest absolute Gasteiger partial charge is 0.258 e. The molecule has 2 aliphatic heterocycles. The van der Waals surface area contributed by atoms with Crippen molar-refractivity contribution in [2.24, 2.45) is 5.92 Å². The number of halogens is 2. The molecule has 8 nitrogen and oxygen atoms in total. The van der Waals surface area contributed by atoms with Crippen LogP contribution in [-0.4, -0.2) is 60.7 Å². The lowest BCUT2D eigenvalue weighted by molar-refractivity contribution is -0.147. The lowest BCUT2D eigenvalue weighted by atomic mass is 9.44. The van der Waals surface area contributed by atoms with Gasteiger partial charge < -0.3 is 10.1 Å². The molecule has 2 heterocycles. The Hall–Kier alpha value is -1.49. The van der Waals surface area contributed by atoms with E-state index in [1.807, 2.05) is 0 Å². The summed E-state index contributed by atoms with van der Waals surface area (Å²) in [7, 11) is 2.07. The molecule has 2 bridgehead atoms. The maximum Gasteiger partial charge on any atom is 0.258 e. The summed E-state index contributed by atoms with van der Waals surface area (Å²) >= 11 is 5.66. The van der Waals surface area contributed by atoms with Gasteiger partial charge in [-0.05, 0) is 38.3 Å². The van der Waals surface area contributed by atoms with Crippen molar-refractivity contribution in [1.82, 2.24) is 31.7 Å². The van der Waals surface area contributed by atoms with Crippen LogP contribution in [0.3, 0.4) is 0 Å². The van der Waals surface area contributed by atoms with Crippen molar-refractivity contribution < 1.29 is 13.9 Å². The molecule has 5 aliphatic rings. The number of carbonyl (C=O) groups is 1. The molecule has 3 aliphatic carbocycles. The van der Waals surface area contributed by atoms with E-state index in [1.165, 1.54) is 12.1 Å². The summed E-state index contributed by atoms with van der Waals surface area (Å²) in [5.74, 6) is -0.0437. The van der Waals surface area contributed by atoms with E-state index in [1.54, 1.807) is 6.07 Å². The van der Waals surface area contributed by atoms with Gasteiger partial charge in [-0.25, -0.2) is 9.40 Å². The van der Waals surface area contributed by atoms with Gasteiger partial charge in [0.2, 0.25) is 0 Å². The first-order valence-electron chi connectivity index (χ1n) is 10.4. The zero-order valence-electron chi connectivity index (χ0n) is 17.1. The molecule has 30 heavy (non-hydrogen) atoms.